The number of aliphatic hydroxyl groups excluding tert-OH is 1. The normalized spacial score (nSPS) is 28.0. The van der Waals surface area contributed by atoms with Crippen molar-refractivity contribution in [2.45, 2.75) is 58.9 Å². The molecule has 2 nitrogen and oxygen atoms in total. The van der Waals surface area contributed by atoms with E-state index in [2.05, 4.69) is 26.1 Å². The van der Waals surface area contributed by atoms with E-state index in [0.717, 1.165) is 12.5 Å². The van der Waals surface area contributed by atoms with E-state index < -0.39 is 0 Å². The SMILES string of the molecule is CCC1CCCCC1NCC(C)(C)CO. The highest BCUT2D eigenvalue weighted by Gasteiger charge is 2.25. The highest BCUT2D eigenvalue weighted by atomic mass is 16.3. The van der Waals surface area contributed by atoms with Crippen LogP contribution in [0.2, 0.25) is 0 Å². The predicted molar refractivity (Wildman–Crippen MR) is 64.9 cm³/mol. The van der Waals surface area contributed by atoms with Gasteiger partial charge in [-0.2, -0.15) is 0 Å². The first-order chi connectivity index (χ1) is 7.09. The van der Waals surface area contributed by atoms with Crippen molar-refractivity contribution in [1.29, 1.82) is 0 Å². The predicted octanol–water partition coefficient (Wildman–Crippen LogP) is 2.56. The van der Waals surface area contributed by atoms with Crippen molar-refractivity contribution < 1.29 is 5.11 Å². The third-order valence-corrected chi connectivity index (χ3v) is 3.70. The molecular weight excluding hydrogens is 186 g/mol. The Morgan fingerprint density at radius 2 is 1.93 bits per heavy atom. The van der Waals surface area contributed by atoms with Crippen molar-refractivity contribution >= 4 is 0 Å². The zero-order valence-electron chi connectivity index (χ0n) is 10.6. The van der Waals surface area contributed by atoms with Gasteiger partial charge in [0, 0.05) is 24.6 Å². The van der Waals surface area contributed by atoms with Gasteiger partial charge >= 0.3 is 0 Å². The van der Waals surface area contributed by atoms with E-state index in [1.54, 1.807) is 0 Å². The maximum absolute atomic E-state index is 9.21. The molecule has 0 heterocycles. The largest absolute Gasteiger partial charge is 0.396 e. The molecule has 1 aliphatic carbocycles. The minimum absolute atomic E-state index is 0.0236. The lowest BCUT2D eigenvalue weighted by molar-refractivity contribution is 0.141. The van der Waals surface area contributed by atoms with Gasteiger partial charge in [0.15, 0.2) is 0 Å². The van der Waals surface area contributed by atoms with Gasteiger partial charge < -0.3 is 10.4 Å². The average molecular weight is 213 g/mol. The molecule has 1 fully saturated rings. The van der Waals surface area contributed by atoms with Gasteiger partial charge in [0.25, 0.3) is 0 Å². The fraction of sp³-hybridized carbons (Fsp3) is 1.00. The number of nitrogens with one attached hydrogen (secondary N) is 1. The number of hydrogen-bond donors (Lipinski definition) is 2. The highest BCUT2D eigenvalue weighted by molar-refractivity contribution is 4.82. The molecule has 0 amide bonds. The molecule has 0 saturated heterocycles. The molecule has 0 aromatic rings. The zero-order chi connectivity index (χ0) is 11.3. The molecule has 1 saturated carbocycles. The van der Waals surface area contributed by atoms with Crippen LogP contribution in [-0.4, -0.2) is 24.3 Å². The van der Waals surface area contributed by atoms with E-state index in [9.17, 15) is 5.11 Å². The Hall–Kier alpha value is -0.0800. The molecule has 0 aromatic carbocycles. The van der Waals surface area contributed by atoms with Gasteiger partial charge in [0.2, 0.25) is 0 Å². The topological polar surface area (TPSA) is 32.3 Å². The summed E-state index contributed by atoms with van der Waals surface area (Å²) in [5.74, 6) is 0.855. The van der Waals surface area contributed by atoms with Crippen molar-refractivity contribution in [1.82, 2.24) is 5.32 Å². The summed E-state index contributed by atoms with van der Waals surface area (Å²) in [6.07, 6.45) is 6.76. The molecule has 90 valence electrons. The third kappa shape index (κ3) is 4.12. The van der Waals surface area contributed by atoms with Crippen molar-refractivity contribution in [3.8, 4) is 0 Å². The lowest BCUT2D eigenvalue weighted by Gasteiger charge is -2.34. The number of aliphatic hydroxyl groups is 1. The van der Waals surface area contributed by atoms with Crippen LogP contribution in [-0.2, 0) is 0 Å². The Morgan fingerprint density at radius 3 is 2.53 bits per heavy atom. The standard InChI is InChI=1S/C13H27NO/c1-4-11-7-5-6-8-12(11)14-9-13(2,3)10-15/h11-12,14-15H,4-10H2,1-3H3. The summed E-state index contributed by atoms with van der Waals surface area (Å²) in [6, 6.07) is 0.689. The molecule has 0 aliphatic heterocycles. The summed E-state index contributed by atoms with van der Waals surface area (Å²) in [5.41, 5.74) is 0.0236. The minimum atomic E-state index is 0.0236. The third-order valence-electron chi connectivity index (χ3n) is 3.70. The molecule has 1 aliphatic rings. The number of hydrogen-bond acceptors (Lipinski definition) is 2. The van der Waals surface area contributed by atoms with Crippen LogP contribution in [0.3, 0.4) is 0 Å². The van der Waals surface area contributed by atoms with Gasteiger partial charge in [-0.25, -0.2) is 0 Å². The van der Waals surface area contributed by atoms with Crippen molar-refractivity contribution in [3.63, 3.8) is 0 Å². The summed E-state index contributed by atoms with van der Waals surface area (Å²) in [7, 11) is 0. The molecule has 1 rings (SSSR count). The summed E-state index contributed by atoms with van der Waals surface area (Å²) in [6.45, 7) is 7.73. The molecule has 0 spiro atoms. The Labute approximate surface area is 94.5 Å². The highest BCUT2D eigenvalue weighted by Crippen LogP contribution is 2.27. The van der Waals surface area contributed by atoms with E-state index in [-0.39, 0.29) is 12.0 Å². The van der Waals surface area contributed by atoms with Crippen LogP contribution in [0.1, 0.15) is 52.9 Å². The second-order valence-corrected chi connectivity index (χ2v) is 5.76. The molecule has 0 bridgehead atoms. The van der Waals surface area contributed by atoms with E-state index in [4.69, 9.17) is 0 Å². The van der Waals surface area contributed by atoms with Gasteiger partial charge in [-0.1, -0.05) is 40.0 Å². The first-order valence-corrected chi connectivity index (χ1v) is 6.43. The fourth-order valence-corrected chi connectivity index (χ4v) is 2.43. The van der Waals surface area contributed by atoms with Crippen LogP contribution in [0, 0.1) is 11.3 Å². The van der Waals surface area contributed by atoms with Crippen LogP contribution in [0.15, 0.2) is 0 Å². The number of rotatable bonds is 5. The smallest absolute Gasteiger partial charge is 0.0494 e. The quantitative estimate of drug-likeness (QED) is 0.735. The van der Waals surface area contributed by atoms with Crippen LogP contribution < -0.4 is 5.32 Å². The lowest BCUT2D eigenvalue weighted by atomic mass is 9.82. The molecule has 2 heteroatoms. The van der Waals surface area contributed by atoms with Crippen molar-refractivity contribution in [2.24, 2.45) is 11.3 Å². The Kier molecular flexibility index (Phi) is 5.07. The van der Waals surface area contributed by atoms with Gasteiger partial charge in [0.1, 0.15) is 0 Å². The van der Waals surface area contributed by atoms with Gasteiger partial charge in [-0.05, 0) is 18.8 Å². The first kappa shape index (κ1) is 13.0. The van der Waals surface area contributed by atoms with E-state index in [1.807, 2.05) is 0 Å². The molecule has 0 aromatic heterocycles. The summed E-state index contributed by atoms with van der Waals surface area (Å²) in [5, 5.41) is 12.9. The molecular formula is C13H27NO. The van der Waals surface area contributed by atoms with Gasteiger partial charge in [-0.3, -0.25) is 0 Å². The Morgan fingerprint density at radius 1 is 1.27 bits per heavy atom. The second-order valence-electron chi connectivity index (χ2n) is 5.76. The maximum Gasteiger partial charge on any atom is 0.0494 e. The van der Waals surface area contributed by atoms with E-state index >= 15 is 0 Å². The monoisotopic (exact) mass is 213 g/mol. The van der Waals surface area contributed by atoms with Crippen LogP contribution in [0.25, 0.3) is 0 Å². The Balaban J connectivity index is 2.35. The lowest BCUT2D eigenvalue weighted by Crippen LogP contribution is -2.43. The van der Waals surface area contributed by atoms with Crippen molar-refractivity contribution in [3.05, 3.63) is 0 Å². The summed E-state index contributed by atoms with van der Waals surface area (Å²) < 4.78 is 0. The van der Waals surface area contributed by atoms with E-state index in [1.165, 1.54) is 32.1 Å². The maximum atomic E-state index is 9.21. The van der Waals surface area contributed by atoms with Gasteiger partial charge in [-0.15, -0.1) is 0 Å². The molecule has 2 atom stereocenters. The molecule has 2 unspecified atom stereocenters. The molecule has 15 heavy (non-hydrogen) atoms. The van der Waals surface area contributed by atoms with Crippen LogP contribution in [0.5, 0.6) is 0 Å². The van der Waals surface area contributed by atoms with Gasteiger partial charge in [0.05, 0.1) is 0 Å². The Bertz CT molecular complexity index is 179. The van der Waals surface area contributed by atoms with Crippen molar-refractivity contribution in [2.75, 3.05) is 13.2 Å². The average Bonchev–Trinajstić information content (AvgIpc) is 2.27. The first-order valence-electron chi connectivity index (χ1n) is 6.43. The minimum Gasteiger partial charge on any atom is -0.396 e. The summed E-state index contributed by atoms with van der Waals surface area (Å²) >= 11 is 0. The molecule has 0 radical (unpaired) electrons. The summed E-state index contributed by atoms with van der Waals surface area (Å²) in [4.78, 5) is 0. The van der Waals surface area contributed by atoms with E-state index in [0.29, 0.717) is 6.04 Å². The second kappa shape index (κ2) is 5.86. The van der Waals surface area contributed by atoms with Crippen LogP contribution >= 0.6 is 0 Å². The zero-order valence-corrected chi connectivity index (χ0v) is 10.6. The molecule has 2 N–H and O–H groups in total. The van der Waals surface area contributed by atoms with Crippen LogP contribution in [0.4, 0.5) is 0 Å². The fourth-order valence-electron chi connectivity index (χ4n) is 2.43.